The standard InChI is InChI=1S/C21H24O11/c22-6-14-17(28)18(29)19(30)21(32-14)15-11(25)5-13-8(16(15)27)4-12(26)20(31-13)7-1-2-9(23)10(24)3-7/h1-3,5,12,14,17-30H,4,6H2/t12?,14?,17?,18?,19?,20-,21?/m0/s1. The van der Waals surface area contributed by atoms with Crippen LogP contribution >= 0.6 is 0 Å². The largest absolute Gasteiger partial charge is 0.507 e. The zero-order chi connectivity index (χ0) is 23.3. The van der Waals surface area contributed by atoms with Gasteiger partial charge in [-0.25, -0.2) is 0 Å². The molecule has 11 heteroatoms. The summed E-state index contributed by atoms with van der Waals surface area (Å²) in [7, 11) is 0. The Hall–Kier alpha value is -2.80. The van der Waals surface area contributed by atoms with Gasteiger partial charge in [-0.2, -0.15) is 0 Å². The Bertz CT molecular complexity index is 1010. The van der Waals surface area contributed by atoms with Crippen LogP contribution in [0.25, 0.3) is 0 Å². The molecule has 0 aliphatic carbocycles. The normalized spacial score (nSPS) is 32.2. The van der Waals surface area contributed by atoms with Crippen molar-refractivity contribution in [3.63, 3.8) is 0 Å². The van der Waals surface area contributed by atoms with Gasteiger partial charge in [-0.15, -0.1) is 0 Å². The van der Waals surface area contributed by atoms with Gasteiger partial charge < -0.3 is 55.4 Å². The van der Waals surface area contributed by atoms with E-state index in [4.69, 9.17) is 9.47 Å². The second-order valence-electron chi connectivity index (χ2n) is 7.94. The molecule has 6 unspecified atom stereocenters. The van der Waals surface area contributed by atoms with Gasteiger partial charge in [0, 0.05) is 18.1 Å². The van der Waals surface area contributed by atoms with E-state index in [1.54, 1.807) is 0 Å². The number of aromatic hydroxyl groups is 4. The van der Waals surface area contributed by atoms with Crippen LogP contribution in [0.5, 0.6) is 28.7 Å². The van der Waals surface area contributed by atoms with Crippen LogP contribution in [-0.2, 0) is 11.2 Å². The van der Waals surface area contributed by atoms with E-state index in [1.165, 1.54) is 18.2 Å². The van der Waals surface area contributed by atoms with Crippen molar-refractivity contribution in [2.45, 2.75) is 49.1 Å². The lowest BCUT2D eigenvalue weighted by atomic mass is 9.87. The summed E-state index contributed by atoms with van der Waals surface area (Å²) in [5, 5.41) is 90.9. The lowest BCUT2D eigenvalue weighted by Crippen LogP contribution is -2.55. The molecule has 0 aromatic heterocycles. The molecule has 1 fully saturated rings. The molecule has 2 aliphatic heterocycles. The number of phenolic OH excluding ortho intramolecular Hbond substituents is 4. The summed E-state index contributed by atoms with van der Waals surface area (Å²) in [5.74, 6) is -1.83. The van der Waals surface area contributed by atoms with E-state index in [0.717, 1.165) is 6.07 Å². The SMILES string of the molecule is OCC1OC(c2c(O)cc3c(c2O)CC(O)[C@H](c2ccc(O)c(O)c2)O3)C(O)C(O)C1O. The molecule has 2 aliphatic rings. The first-order valence-corrected chi connectivity index (χ1v) is 9.88. The zero-order valence-corrected chi connectivity index (χ0v) is 16.6. The molecule has 174 valence electrons. The number of ether oxygens (including phenoxy) is 2. The van der Waals surface area contributed by atoms with Crippen molar-refractivity contribution in [2.24, 2.45) is 0 Å². The smallest absolute Gasteiger partial charge is 0.157 e. The van der Waals surface area contributed by atoms with Gasteiger partial charge in [-0.3, -0.25) is 0 Å². The highest BCUT2D eigenvalue weighted by molar-refractivity contribution is 5.59. The van der Waals surface area contributed by atoms with Crippen LogP contribution in [0, 0.1) is 0 Å². The van der Waals surface area contributed by atoms with Crippen LogP contribution < -0.4 is 4.74 Å². The first-order valence-electron chi connectivity index (χ1n) is 9.88. The summed E-state index contributed by atoms with van der Waals surface area (Å²) in [6, 6.07) is 5.03. The molecule has 9 N–H and O–H groups in total. The Morgan fingerprint density at radius 2 is 1.53 bits per heavy atom. The van der Waals surface area contributed by atoms with Crippen LogP contribution in [0.3, 0.4) is 0 Å². The quantitative estimate of drug-likeness (QED) is 0.260. The minimum absolute atomic E-state index is 0.0243. The van der Waals surface area contributed by atoms with Crippen molar-refractivity contribution >= 4 is 0 Å². The van der Waals surface area contributed by atoms with E-state index in [0.29, 0.717) is 5.56 Å². The topological polar surface area (TPSA) is 201 Å². The average Bonchev–Trinajstić information content (AvgIpc) is 2.76. The fraction of sp³-hybridized carbons (Fsp3) is 0.429. The maximum Gasteiger partial charge on any atom is 0.157 e. The third-order valence-electron chi connectivity index (χ3n) is 5.90. The summed E-state index contributed by atoms with van der Waals surface area (Å²) >= 11 is 0. The predicted octanol–water partition coefficient (Wildman–Crippen LogP) is -0.939. The Labute approximate surface area is 181 Å². The zero-order valence-electron chi connectivity index (χ0n) is 16.6. The van der Waals surface area contributed by atoms with Crippen molar-refractivity contribution < 1.29 is 55.4 Å². The van der Waals surface area contributed by atoms with Crippen molar-refractivity contribution in [3.05, 3.63) is 41.0 Å². The van der Waals surface area contributed by atoms with Gasteiger partial charge in [0.15, 0.2) is 11.5 Å². The summed E-state index contributed by atoms with van der Waals surface area (Å²) in [6.07, 6.45) is -10.1. The Kier molecular flexibility index (Phi) is 5.79. The minimum Gasteiger partial charge on any atom is -0.507 e. The molecule has 0 amide bonds. The lowest BCUT2D eigenvalue weighted by molar-refractivity contribution is -0.232. The Morgan fingerprint density at radius 3 is 2.19 bits per heavy atom. The highest BCUT2D eigenvalue weighted by Gasteiger charge is 2.46. The molecule has 2 heterocycles. The van der Waals surface area contributed by atoms with Crippen molar-refractivity contribution in [1.82, 2.24) is 0 Å². The highest BCUT2D eigenvalue weighted by Crippen LogP contribution is 2.49. The maximum atomic E-state index is 10.8. The average molecular weight is 452 g/mol. The maximum absolute atomic E-state index is 10.8. The van der Waals surface area contributed by atoms with Crippen LogP contribution in [-0.4, -0.2) is 83.1 Å². The number of aliphatic hydroxyl groups excluding tert-OH is 5. The van der Waals surface area contributed by atoms with E-state index >= 15 is 0 Å². The molecule has 0 spiro atoms. The van der Waals surface area contributed by atoms with Gasteiger partial charge in [-0.05, 0) is 17.7 Å². The second-order valence-corrected chi connectivity index (χ2v) is 7.94. The van der Waals surface area contributed by atoms with Crippen molar-refractivity contribution in [2.75, 3.05) is 6.61 Å². The number of fused-ring (bicyclic) bond motifs is 1. The fourth-order valence-electron chi connectivity index (χ4n) is 4.15. The molecule has 4 rings (SSSR count). The van der Waals surface area contributed by atoms with Gasteiger partial charge in [0.25, 0.3) is 0 Å². The predicted molar refractivity (Wildman–Crippen MR) is 105 cm³/mol. The number of hydrogen-bond acceptors (Lipinski definition) is 11. The molecule has 11 nitrogen and oxygen atoms in total. The number of aliphatic hydroxyl groups is 5. The lowest BCUT2D eigenvalue weighted by Gasteiger charge is -2.41. The van der Waals surface area contributed by atoms with Gasteiger partial charge in [0.2, 0.25) is 0 Å². The molecule has 2 aromatic carbocycles. The summed E-state index contributed by atoms with van der Waals surface area (Å²) in [4.78, 5) is 0. The molecule has 0 saturated carbocycles. The molecule has 0 bridgehead atoms. The van der Waals surface area contributed by atoms with E-state index in [1.807, 2.05) is 0 Å². The van der Waals surface area contributed by atoms with E-state index in [9.17, 15) is 46.0 Å². The van der Waals surface area contributed by atoms with Crippen LogP contribution in [0.15, 0.2) is 24.3 Å². The summed E-state index contributed by atoms with van der Waals surface area (Å²) in [5.41, 5.74) is 0.147. The molecular formula is C21H24O11. The van der Waals surface area contributed by atoms with E-state index < -0.39 is 66.6 Å². The first-order chi connectivity index (χ1) is 15.1. The minimum atomic E-state index is -1.73. The van der Waals surface area contributed by atoms with Gasteiger partial charge in [0.1, 0.15) is 53.9 Å². The van der Waals surface area contributed by atoms with Crippen LogP contribution in [0.4, 0.5) is 0 Å². The number of hydrogen-bond donors (Lipinski definition) is 9. The third-order valence-corrected chi connectivity index (χ3v) is 5.90. The molecule has 7 atom stereocenters. The van der Waals surface area contributed by atoms with Gasteiger partial charge in [0.05, 0.1) is 18.3 Å². The number of benzene rings is 2. The molecular weight excluding hydrogens is 428 g/mol. The van der Waals surface area contributed by atoms with Crippen molar-refractivity contribution in [3.8, 4) is 28.7 Å². The molecule has 1 saturated heterocycles. The van der Waals surface area contributed by atoms with Crippen LogP contribution in [0.2, 0.25) is 0 Å². The Morgan fingerprint density at radius 1 is 0.812 bits per heavy atom. The molecule has 2 aromatic rings. The van der Waals surface area contributed by atoms with Crippen LogP contribution in [0.1, 0.15) is 28.9 Å². The summed E-state index contributed by atoms with van der Waals surface area (Å²) < 4.78 is 11.2. The first kappa shape index (κ1) is 22.4. The summed E-state index contributed by atoms with van der Waals surface area (Å²) in [6.45, 7) is -0.684. The highest BCUT2D eigenvalue weighted by atomic mass is 16.5. The Balaban J connectivity index is 1.70. The fourth-order valence-corrected chi connectivity index (χ4v) is 4.15. The third kappa shape index (κ3) is 3.58. The van der Waals surface area contributed by atoms with Crippen molar-refractivity contribution in [1.29, 1.82) is 0 Å². The second kappa shape index (κ2) is 8.28. The van der Waals surface area contributed by atoms with E-state index in [2.05, 4.69) is 0 Å². The molecule has 0 radical (unpaired) electrons. The van der Waals surface area contributed by atoms with Gasteiger partial charge in [-0.1, -0.05) is 6.07 Å². The van der Waals surface area contributed by atoms with E-state index in [-0.39, 0.29) is 29.0 Å². The van der Waals surface area contributed by atoms with Gasteiger partial charge >= 0.3 is 0 Å². The monoisotopic (exact) mass is 452 g/mol. The number of phenols is 4. The molecule has 32 heavy (non-hydrogen) atoms. The number of rotatable bonds is 3.